The summed E-state index contributed by atoms with van der Waals surface area (Å²) >= 11 is 0. The number of ketones is 1. The van der Waals surface area contributed by atoms with Crippen LogP contribution in [0.2, 0.25) is 0 Å². The summed E-state index contributed by atoms with van der Waals surface area (Å²) in [5.74, 6) is 0.340. The Hall–Kier alpha value is -1.91. The summed E-state index contributed by atoms with van der Waals surface area (Å²) in [7, 11) is 0. The highest BCUT2D eigenvalue weighted by molar-refractivity contribution is 5.84. The van der Waals surface area contributed by atoms with Crippen molar-refractivity contribution in [3.05, 3.63) is 33.9 Å². The molecule has 1 aromatic rings. The third kappa shape index (κ3) is 2.61. The Morgan fingerprint density at radius 3 is 2.82 bits per heavy atom. The van der Waals surface area contributed by atoms with Gasteiger partial charge in [0.25, 0.3) is 0 Å². The van der Waals surface area contributed by atoms with Crippen molar-refractivity contribution in [2.45, 2.75) is 19.8 Å². The first-order valence-corrected chi connectivity index (χ1v) is 5.49. The van der Waals surface area contributed by atoms with Gasteiger partial charge in [0, 0.05) is 12.0 Å². The Bertz CT molecular complexity index is 466. The predicted molar refractivity (Wildman–Crippen MR) is 61.1 cm³/mol. The van der Waals surface area contributed by atoms with Crippen LogP contribution in [-0.2, 0) is 4.79 Å². The lowest BCUT2D eigenvalue weighted by molar-refractivity contribution is -0.385. The van der Waals surface area contributed by atoms with E-state index in [4.69, 9.17) is 4.74 Å². The maximum absolute atomic E-state index is 11.5. The first-order chi connectivity index (χ1) is 8.09. The second-order valence-corrected chi connectivity index (χ2v) is 4.21. The maximum Gasteiger partial charge on any atom is 0.311 e. The molecular formula is C12H13NO4. The minimum absolute atomic E-state index is 0.0301. The number of nitrogens with zero attached hydrogens (tertiary/aromatic N) is 1. The number of rotatable bonds is 5. The van der Waals surface area contributed by atoms with E-state index in [1.54, 1.807) is 19.1 Å². The average Bonchev–Trinajstić information content (AvgIpc) is 3.10. The van der Waals surface area contributed by atoms with Gasteiger partial charge in [-0.25, -0.2) is 0 Å². The van der Waals surface area contributed by atoms with Gasteiger partial charge in [-0.05, 0) is 25.3 Å². The Morgan fingerprint density at radius 1 is 1.53 bits per heavy atom. The minimum Gasteiger partial charge on any atom is -0.479 e. The summed E-state index contributed by atoms with van der Waals surface area (Å²) in [4.78, 5) is 21.8. The highest BCUT2D eigenvalue weighted by Gasteiger charge is 2.30. The largest absolute Gasteiger partial charge is 0.479 e. The number of carbonyl (C=O) groups is 1. The molecule has 0 radical (unpaired) electrons. The number of hydrogen-bond acceptors (Lipinski definition) is 4. The molecule has 1 saturated carbocycles. The van der Waals surface area contributed by atoms with Crippen LogP contribution in [0.25, 0.3) is 0 Å². The number of nitro benzene ring substituents is 1. The fourth-order valence-electron chi connectivity index (χ4n) is 1.63. The molecule has 2 rings (SSSR count). The van der Waals surface area contributed by atoms with Crippen molar-refractivity contribution in [3.63, 3.8) is 0 Å². The molecule has 0 bridgehead atoms. The predicted octanol–water partition coefficient (Wildman–Crippen LogP) is 2.26. The van der Waals surface area contributed by atoms with Crippen LogP contribution in [-0.4, -0.2) is 17.3 Å². The molecule has 0 atom stereocenters. The quantitative estimate of drug-likeness (QED) is 0.579. The smallest absolute Gasteiger partial charge is 0.311 e. The number of para-hydroxylation sites is 1. The Labute approximate surface area is 98.5 Å². The highest BCUT2D eigenvalue weighted by atomic mass is 16.6. The van der Waals surface area contributed by atoms with E-state index >= 15 is 0 Å². The molecule has 0 N–H and O–H groups in total. The summed E-state index contributed by atoms with van der Waals surface area (Å²) in [6.45, 7) is 1.65. The minimum atomic E-state index is -0.496. The van der Waals surface area contributed by atoms with Crippen LogP contribution in [0.4, 0.5) is 5.69 Å². The number of benzene rings is 1. The lowest BCUT2D eigenvalue weighted by atomic mass is 10.2. The molecule has 0 spiro atoms. The number of carbonyl (C=O) groups excluding carboxylic acids is 1. The van der Waals surface area contributed by atoms with Gasteiger partial charge in [0.1, 0.15) is 6.61 Å². The molecule has 17 heavy (non-hydrogen) atoms. The van der Waals surface area contributed by atoms with Gasteiger partial charge in [-0.2, -0.15) is 0 Å². The SMILES string of the molecule is Cc1cccc([N+](=O)[O-])c1OCC(=O)C1CC1. The molecule has 0 aromatic heterocycles. The fourth-order valence-corrected chi connectivity index (χ4v) is 1.63. The summed E-state index contributed by atoms with van der Waals surface area (Å²) in [6, 6.07) is 4.71. The second-order valence-electron chi connectivity index (χ2n) is 4.21. The molecule has 0 saturated heterocycles. The van der Waals surface area contributed by atoms with Crippen molar-refractivity contribution < 1.29 is 14.5 Å². The van der Waals surface area contributed by atoms with Crippen LogP contribution < -0.4 is 4.74 Å². The number of ether oxygens (including phenoxy) is 1. The molecular weight excluding hydrogens is 222 g/mol. The van der Waals surface area contributed by atoms with E-state index < -0.39 is 4.92 Å². The van der Waals surface area contributed by atoms with E-state index in [-0.39, 0.29) is 29.7 Å². The molecule has 5 heteroatoms. The van der Waals surface area contributed by atoms with Crippen molar-refractivity contribution in [1.82, 2.24) is 0 Å². The van der Waals surface area contributed by atoms with Crippen molar-refractivity contribution >= 4 is 11.5 Å². The zero-order chi connectivity index (χ0) is 12.4. The monoisotopic (exact) mass is 235 g/mol. The first kappa shape index (κ1) is 11.6. The van der Waals surface area contributed by atoms with E-state index in [0.29, 0.717) is 5.56 Å². The van der Waals surface area contributed by atoms with Crippen LogP contribution in [0.3, 0.4) is 0 Å². The zero-order valence-electron chi connectivity index (χ0n) is 9.51. The summed E-state index contributed by atoms with van der Waals surface area (Å²) in [5, 5.41) is 10.8. The van der Waals surface area contributed by atoms with E-state index in [0.717, 1.165) is 12.8 Å². The van der Waals surface area contributed by atoms with Gasteiger partial charge in [0.2, 0.25) is 0 Å². The molecule has 0 unspecified atom stereocenters. The zero-order valence-corrected chi connectivity index (χ0v) is 9.51. The molecule has 1 aliphatic carbocycles. The van der Waals surface area contributed by atoms with Crippen molar-refractivity contribution in [2.75, 3.05) is 6.61 Å². The third-order valence-corrected chi connectivity index (χ3v) is 2.78. The molecule has 90 valence electrons. The lowest BCUT2D eigenvalue weighted by Gasteiger charge is -2.08. The highest BCUT2D eigenvalue weighted by Crippen LogP contribution is 2.32. The summed E-state index contributed by atoms with van der Waals surface area (Å²) in [5.41, 5.74) is 0.580. The molecule has 1 aliphatic rings. The van der Waals surface area contributed by atoms with E-state index in [2.05, 4.69) is 0 Å². The van der Waals surface area contributed by atoms with Gasteiger partial charge < -0.3 is 4.74 Å². The molecule has 0 aliphatic heterocycles. The number of hydrogen-bond donors (Lipinski definition) is 0. The normalized spacial score (nSPS) is 14.4. The van der Waals surface area contributed by atoms with E-state index in [1.807, 2.05) is 0 Å². The van der Waals surface area contributed by atoms with Crippen LogP contribution in [0, 0.1) is 23.0 Å². The second kappa shape index (κ2) is 4.53. The van der Waals surface area contributed by atoms with Gasteiger partial charge >= 0.3 is 5.69 Å². The molecule has 1 aromatic carbocycles. The summed E-state index contributed by atoms with van der Waals surface area (Å²) < 4.78 is 5.30. The van der Waals surface area contributed by atoms with Crippen molar-refractivity contribution in [3.8, 4) is 5.75 Å². The standard InChI is InChI=1S/C12H13NO4/c1-8-3-2-4-10(13(15)16)12(8)17-7-11(14)9-5-6-9/h2-4,9H,5-7H2,1H3. The number of Topliss-reactive ketones (excluding diaryl/α,β-unsaturated/α-hetero) is 1. The Balaban J connectivity index is 2.12. The average molecular weight is 235 g/mol. The Morgan fingerprint density at radius 2 is 2.24 bits per heavy atom. The van der Waals surface area contributed by atoms with Crippen LogP contribution in [0.1, 0.15) is 18.4 Å². The van der Waals surface area contributed by atoms with E-state index in [1.165, 1.54) is 6.07 Å². The molecule has 5 nitrogen and oxygen atoms in total. The van der Waals surface area contributed by atoms with Gasteiger partial charge in [-0.1, -0.05) is 12.1 Å². The van der Waals surface area contributed by atoms with Gasteiger partial charge in [0.05, 0.1) is 4.92 Å². The molecule has 1 fully saturated rings. The number of nitro groups is 1. The van der Waals surface area contributed by atoms with Gasteiger partial charge in [0.15, 0.2) is 11.5 Å². The van der Waals surface area contributed by atoms with Crippen molar-refractivity contribution in [1.29, 1.82) is 0 Å². The van der Waals surface area contributed by atoms with Crippen LogP contribution in [0.5, 0.6) is 5.75 Å². The number of aryl methyl sites for hydroxylation is 1. The topological polar surface area (TPSA) is 69.4 Å². The molecule has 0 amide bonds. The molecule has 0 heterocycles. The maximum atomic E-state index is 11.5. The van der Waals surface area contributed by atoms with Crippen LogP contribution >= 0.6 is 0 Å². The first-order valence-electron chi connectivity index (χ1n) is 5.49. The van der Waals surface area contributed by atoms with Crippen LogP contribution in [0.15, 0.2) is 18.2 Å². The van der Waals surface area contributed by atoms with E-state index in [9.17, 15) is 14.9 Å². The summed E-state index contributed by atoms with van der Waals surface area (Å²) in [6.07, 6.45) is 1.83. The van der Waals surface area contributed by atoms with Gasteiger partial charge in [-0.3, -0.25) is 14.9 Å². The lowest BCUT2D eigenvalue weighted by Crippen LogP contribution is -2.14. The Kier molecular flexibility index (Phi) is 3.08. The van der Waals surface area contributed by atoms with Crippen molar-refractivity contribution in [2.24, 2.45) is 5.92 Å². The fraction of sp³-hybridized carbons (Fsp3) is 0.417. The third-order valence-electron chi connectivity index (χ3n) is 2.78. The van der Waals surface area contributed by atoms with Gasteiger partial charge in [-0.15, -0.1) is 0 Å².